The second-order valence-electron chi connectivity index (χ2n) is 5.12. The average molecular weight is 328 g/mol. The summed E-state index contributed by atoms with van der Waals surface area (Å²) in [5, 5.41) is 5.64. The van der Waals surface area contributed by atoms with Crippen LogP contribution in [0.3, 0.4) is 0 Å². The van der Waals surface area contributed by atoms with Crippen molar-refractivity contribution in [1.82, 2.24) is 5.32 Å². The summed E-state index contributed by atoms with van der Waals surface area (Å²) in [7, 11) is 0. The van der Waals surface area contributed by atoms with Crippen LogP contribution in [0.1, 0.15) is 22.3 Å². The molecule has 23 heavy (non-hydrogen) atoms. The molecule has 120 valence electrons. The summed E-state index contributed by atoms with van der Waals surface area (Å²) in [6, 6.07) is 15.0. The molecule has 2 aromatic rings. The fourth-order valence-corrected chi connectivity index (χ4v) is 2.69. The molecule has 5 heteroatoms. The Morgan fingerprint density at radius 2 is 1.87 bits per heavy atom. The average Bonchev–Trinajstić information content (AvgIpc) is 2.55. The van der Waals surface area contributed by atoms with E-state index in [1.165, 1.54) is 0 Å². The van der Waals surface area contributed by atoms with Crippen molar-refractivity contribution in [3.8, 4) is 0 Å². The molecule has 0 aromatic heterocycles. The summed E-state index contributed by atoms with van der Waals surface area (Å²) in [5.41, 5.74) is 2.44. The Hall–Kier alpha value is -2.27. The molecule has 0 aliphatic heterocycles. The fourth-order valence-electron chi connectivity index (χ4n) is 2.14. The van der Waals surface area contributed by atoms with E-state index in [9.17, 15) is 9.59 Å². The molecule has 0 fully saturated rings. The molecule has 2 amide bonds. The third-order valence-electron chi connectivity index (χ3n) is 3.30. The van der Waals surface area contributed by atoms with E-state index in [1.54, 1.807) is 17.8 Å². The number of aryl methyl sites for hydroxylation is 1. The first-order valence-electron chi connectivity index (χ1n) is 7.38. The van der Waals surface area contributed by atoms with Crippen LogP contribution in [0.4, 0.5) is 5.69 Å². The van der Waals surface area contributed by atoms with Gasteiger partial charge in [-0.3, -0.25) is 9.59 Å². The van der Waals surface area contributed by atoms with Crippen molar-refractivity contribution in [2.24, 2.45) is 0 Å². The van der Waals surface area contributed by atoms with E-state index >= 15 is 0 Å². The van der Waals surface area contributed by atoms with E-state index in [0.29, 0.717) is 12.1 Å². The highest BCUT2D eigenvalue weighted by molar-refractivity contribution is 7.98. The molecular weight excluding hydrogens is 308 g/mol. The molecular formula is C18H20N2O2S. The van der Waals surface area contributed by atoms with Crippen molar-refractivity contribution in [2.45, 2.75) is 18.2 Å². The topological polar surface area (TPSA) is 58.2 Å². The van der Waals surface area contributed by atoms with Gasteiger partial charge in [0.25, 0.3) is 5.91 Å². The zero-order valence-electron chi connectivity index (χ0n) is 13.3. The van der Waals surface area contributed by atoms with Crippen LogP contribution in [0.2, 0.25) is 0 Å². The van der Waals surface area contributed by atoms with Crippen molar-refractivity contribution in [2.75, 3.05) is 18.1 Å². The lowest BCUT2D eigenvalue weighted by molar-refractivity contribution is -0.116. The highest BCUT2D eigenvalue weighted by Crippen LogP contribution is 2.24. The number of amides is 2. The predicted molar refractivity (Wildman–Crippen MR) is 95.0 cm³/mol. The summed E-state index contributed by atoms with van der Waals surface area (Å²) in [5.74, 6) is -0.276. The maximum atomic E-state index is 12.0. The van der Waals surface area contributed by atoms with Gasteiger partial charge in [-0.05, 0) is 37.4 Å². The minimum atomic E-state index is -0.161. The summed E-state index contributed by atoms with van der Waals surface area (Å²) in [6.07, 6.45) is 2.20. The number of para-hydroxylation sites is 1. The van der Waals surface area contributed by atoms with Gasteiger partial charge in [-0.15, -0.1) is 11.8 Å². The van der Waals surface area contributed by atoms with Crippen molar-refractivity contribution in [3.05, 3.63) is 59.7 Å². The van der Waals surface area contributed by atoms with Gasteiger partial charge in [0.05, 0.1) is 5.69 Å². The van der Waals surface area contributed by atoms with Gasteiger partial charge >= 0.3 is 0 Å². The van der Waals surface area contributed by atoms with Gasteiger partial charge in [0.1, 0.15) is 0 Å². The van der Waals surface area contributed by atoms with Crippen molar-refractivity contribution >= 4 is 29.3 Å². The lowest BCUT2D eigenvalue weighted by atomic mass is 10.1. The number of hydrogen-bond acceptors (Lipinski definition) is 3. The molecule has 0 saturated heterocycles. The van der Waals surface area contributed by atoms with Gasteiger partial charge in [-0.1, -0.05) is 29.8 Å². The predicted octanol–water partition coefficient (Wildman–Crippen LogP) is 3.48. The molecule has 0 aliphatic rings. The first-order chi connectivity index (χ1) is 11.1. The van der Waals surface area contributed by atoms with Gasteiger partial charge in [0, 0.05) is 23.4 Å². The second kappa shape index (κ2) is 8.39. The van der Waals surface area contributed by atoms with Crippen LogP contribution in [-0.4, -0.2) is 24.6 Å². The van der Waals surface area contributed by atoms with Crippen LogP contribution in [0.25, 0.3) is 0 Å². The van der Waals surface area contributed by atoms with Crippen LogP contribution < -0.4 is 10.6 Å². The number of hydrogen-bond donors (Lipinski definition) is 2. The summed E-state index contributed by atoms with van der Waals surface area (Å²) in [4.78, 5) is 25.0. The minimum absolute atomic E-state index is 0.115. The molecule has 0 bridgehead atoms. The summed E-state index contributed by atoms with van der Waals surface area (Å²) >= 11 is 1.58. The Morgan fingerprint density at radius 3 is 2.61 bits per heavy atom. The van der Waals surface area contributed by atoms with Crippen LogP contribution in [0.15, 0.2) is 53.4 Å². The van der Waals surface area contributed by atoms with Crippen molar-refractivity contribution < 1.29 is 9.59 Å². The Balaban J connectivity index is 1.82. The SMILES string of the molecule is CSc1ccccc1NC(=O)CCNC(=O)c1cccc(C)c1. The lowest BCUT2D eigenvalue weighted by Gasteiger charge is -2.10. The third-order valence-corrected chi connectivity index (χ3v) is 4.09. The Bertz CT molecular complexity index is 701. The first-order valence-corrected chi connectivity index (χ1v) is 8.60. The molecule has 0 heterocycles. The number of thioether (sulfide) groups is 1. The van der Waals surface area contributed by atoms with E-state index in [-0.39, 0.29) is 18.2 Å². The Kier molecular flexibility index (Phi) is 6.23. The molecule has 4 nitrogen and oxygen atoms in total. The molecule has 2 N–H and O–H groups in total. The maximum Gasteiger partial charge on any atom is 0.251 e. The van der Waals surface area contributed by atoms with Crippen molar-refractivity contribution in [1.29, 1.82) is 0 Å². The smallest absolute Gasteiger partial charge is 0.251 e. The zero-order valence-corrected chi connectivity index (χ0v) is 14.1. The summed E-state index contributed by atoms with van der Waals surface area (Å²) in [6.45, 7) is 2.24. The fraction of sp³-hybridized carbons (Fsp3) is 0.222. The number of benzene rings is 2. The van der Waals surface area contributed by atoms with Crippen LogP contribution in [0.5, 0.6) is 0 Å². The highest BCUT2D eigenvalue weighted by Gasteiger charge is 2.08. The van der Waals surface area contributed by atoms with E-state index < -0.39 is 0 Å². The normalized spacial score (nSPS) is 10.2. The van der Waals surface area contributed by atoms with Gasteiger partial charge in [-0.2, -0.15) is 0 Å². The minimum Gasteiger partial charge on any atom is -0.352 e. The van der Waals surface area contributed by atoms with Gasteiger partial charge < -0.3 is 10.6 Å². The molecule has 0 unspecified atom stereocenters. The quantitative estimate of drug-likeness (QED) is 0.798. The Labute approximate surface area is 140 Å². The lowest BCUT2D eigenvalue weighted by Crippen LogP contribution is -2.27. The first kappa shape index (κ1) is 17.1. The standard InChI is InChI=1S/C18H20N2O2S/c1-13-6-5-7-14(12-13)18(22)19-11-10-17(21)20-15-8-3-4-9-16(15)23-2/h3-9,12H,10-11H2,1-2H3,(H,19,22)(H,20,21). The zero-order chi connectivity index (χ0) is 16.7. The van der Waals surface area contributed by atoms with Crippen molar-refractivity contribution in [3.63, 3.8) is 0 Å². The van der Waals surface area contributed by atoms with Gasteiger partial charge in [0.15, 0.2) is 0 Å². The molecule has 2 rings (SSSR count). The largest absolute Gasteiger partial charge is 0.352 e. The van der Waals surface area contributed by atoms with E-state index in [0.717, 1.165) is 16.1 Å². The van der Waals surface area contributed by atoms with E-state index in [1.807, 2.05) is 55.6 Å². The molecule has 0 aliphatic carbocycles. The molecule has 0 radical (unpaired) electrons. The summed E-state index contributed by atoms with van der Waals surface area (Å²) < 4.78 is 0. The Morgan fingerprint density at radius 1 is 1.09 bits per heavy atom. The van der Waals surface area contributed by atoms with Crippen LogP contribution in [0, 0.1) is 6.92 Å². The van der Waals surface area contributed by atoms with Crippen LogP contribution in [-0.2, 0) is 4.79 Å². The molecule has 2 aromatic carbocycles. The number of anilines is 1. The number of nitrogens with one attached hydrogen (secondary N) is 2. The molecule has 0 saturated carbocycles. The van der Waals surface area contributed by atoms with Gasteiger partial charge in [0.2, 0.25) is 5.91 Å². The number of carbonyl (C=O) groups excluding carboxylic acids is 2. The van der Waals surface area contributed by atoms with E-state index in [4.69, 9.17) is 0 Å². The highest BCUT2D eigenvalue weighted by atomic mass is 32.2. The van der Waals surface area contributed by atoms with Crippen LogP contribution >= 0.6 is 11.8 Å². The molecule has 0 atom stereocenters. The molecule has 0 spiro atoms. The second-order valence-corrected chi connectivity index (χ2v) is 5.97. The van der Waals surface area contributed by atoms with E-state index in [2.05, 4.69) is 10.6 Å². The number of carbonyl (C=O) groups is 2. The van der Waals surface area contributed by atoms with Gasteiger partial charge in [-0.25, -0.2) is 0 Å². The maximum absolute atomic E-state index is 12.0. The monoisotopic (exact) mass is 328 g/mol. The number of rotatable bonds is 6. The third kappa shape index (κ3) is 5.14.